The van der Waals surface area contributed by atoms with Crippen LogP contribution >= 0.6 is 11.6 Å². The highest BCUT2D eigenvalue weighted by Gasteiger charge is 2.49. The maximum absolute atomic E-state index is 12.2. The van der Waals surface area contributed by atoms with Gasteiger partial charge >= 0.3 is 5.97 Å². The average molecular weight is 679 g/mol. The summed E-state index contributed by atoms with van der Waals surface area (Å²) in [6.07, 6.45) is -3.28. The number of halogens is 1. The zero-order valence-corrected chi connectivity index (χ0v) is 27.7. The molecule has 0 spiro atoms. The van der Waals surface area contributed by atoms with Crippen LogP contribution in [-0.4, -0.2) is 42.1 Å². The molecule has 6 rings (SSSR count). The van der Waals surface area contributed by atoms with E-state index in [1.54, 1.807) is 18.2 Å². The fourth-order valence-electron chi connectivity index (χ4n) is 5.94. The van der Waals surface area contributed by atoms with Crippen LogP contribution in [0.25, 0.3) is 0 Å². The smallest absolute Gasteiger partial charge is 0.337 e. The lowest BCUT2D eigenvalue weighted by atomic mass is 9.89. The van der Waals surface area contributed by atoms with Gasteiger partial charge in [-0.15, -0.1) is 0 Å². The second kappa shape index (κ2) is 17.4. The SMILES string of the molecule is O=C(O)c1cc(C2OC(COCc3ccccc3)C(OCc3ccccc3)C(OCc3ccccc3)C2OCc2ccccc2)ccc1Cl. The van der Waals surface area contributed by atoms with Crippen LogP contribution < -0.4 is 0 Å². The highest BCUT2D eigenvalue weighted by atomic mass is 35.5. The third kappa shape index (κ3) is 9.43. The summed E-state index contributed by atoms with van der Waals surface area (Å²) in [4.78, 5) is 12.2. The number of ether oxygens (including phenoxy) is 5. The first kappa shape index (κ1) is 34.5. The lowest BCUT2D eigenvalue weighted by molar-refractivity contribution is -0.275. The number of carbonyl (C=O) groups is 1. The largest absolute Gasteiger partial charge is 0.478 e. The Labute approximate surface area is 291 Å². The number of rotatable bonds is 15. The van der Waals surface area contributed by atoms with Crippen molar-refractivity contribution in [2.24, 2.45) is 0 Å². The molecule has 7 nitrogen and oxygen atoms in total. The van der Waals surface area contributed by atoms with Crippen molar-refractivity contribution >= 4 is 17.6 Å². The molecule has 5 atom stereocenters. The zero-order valence-electron chi connectivity index (χ0n) is 27.0. The van der Waals surface area contributed by atoms with Gasteiger partial charge in [0.2, 0.25) is 0 Å². The normalized spacial score (nSPS) is 20.6. The Morgan fingerprint density at radius 3 is 1.53 bits per heavy atom. The third-order valence-electron chi connectivity index (χ3n) is 8.43. The molecule has 252 valence electrons. The minimum Gasteiger partial charge on any atom is -0.478 e. The molecule has 0 aromatic heterocycles. The van der Waals surface area contributed by atoms with Gasteiger partial charge in [0.1, 0.15) is 30.5 Å². The van der Waals surface area contributed by atoms with E-state index < -0.39 is 36.5 Å². The summed E-state index contributed by atoms with van der Waals surface area (Å²) in [7, 11) is 0. The molecule has 1 N–H and O–H groups in total. The predicted octanol–water partition coefficient (Wildman–Crippen LogP) is 8.45. The number of aromatic carboxylic acids is 1. The minimum absolute atomic E-state index is 0.0225. The summed E-state index contributed by atoms with van der Waals surface area (Å²) in [5, 5.41) is 10.1. The van der Waals surface area contributed by atoms with Gasteiger partial charge in [-0.2, -0.15) is 0 Å². The Balaban J connectivity index is 1.38. The Kier molecular flexibility index (Phi) is 12.2. The molecule has 1 heterocycles. The van der Waals surface area contributed by atoms with Crippen molar-refractivity contribution in [3.8, 4) is 0 Å². The van der Waals surface area contributed by atoms with Crippen LogP contribution in [0.3, 0.4) is 0 Å². The van der Waals surface area contributed by atoms with Gasteiger partial charge in [0.25, 0.3) is 0 Å². The molecule has 5 unspecified atom stereocenters. The Morgan fingerprint density at radius 2 is 1.04 bits per heavy atom. The van der Waals surface area contributed by atoms with Crippen molar-refractivity contribution < 1.29 is 33.6 Å². The van der Waals surface area contributed by atoms with Crippen LogP contribution in [0.5, 0.6) is 0 Å². The van der Waals surface area contributed by atoms with Gasteiger partial charge in [-0.05, 0) is 39.9 Å². The molecule has 1 aliphatic rings. The molecule has 0 radical (unpaired) electrons. The summed E-state index contributed by atoms with van der Waals surface area (Å²) in [5.41, 5.74) is 4.57. The van der Waals surface area contributed by atoms with Crippen molar-refractivity contribution in [1.82, 2.24) is 0 Å². The first-order valence-electron chi connectivity index (χ1n) is 16.3. The van der Waals surface area contributed by atoms with E-state index in [1.807, 2.05) is 121 Å². The molecule has 5 aromatic rings. The van der Waals surface area contributed by atoms with Gasteiger partial charge < -0.3 is 28.8 Å². The van der Waals surface area contributed by atoms with Crippen LogP contribution in [0.15, 0.2) is 140 Å². The summed E-state index contributed by atoms with van der Waals surface area (Å²) >= 11 is 6.31. The number of hydrogen-bond donors (Lipinski definition) is 1. The van der Waals surface area contributed by atoms with E-state index in [9.17, 15) is 9.90 Å². The molecule has 0 bridgehead atoms. The number of hydrogen-bond acceptors (Lipinski definition) is 6. The van der Waals surface area contributed by atoms with E-state index >= 15 is 0 Å². The second-order valence-electron chi connectivity index (χ2n) is 11.9. The molecule has 0 aliphatic carbocycles. The van der Waals surface area contributed by atoms with Crippen LogP contribution in [-0.2, 0) is 50.1 Å². The molecule has 1 saturated heterocycles. The molecule has 1 fully saturated rings. The third-order valence-corrected chi connectivity index (χ3v) is 8.76. The van der Waals surface area contributed by atoms with Crippen molar-refractivity contribution in [2.75, 3.05) is 6.61 Å². The van der Waals surface area contributed by atoms with Crippen LogP contribution in [0.2, 0.25) is 5.02 Å². The average Bonchev–Trinajstić information content (AvgIpc) is 3.14. The van der Waals surface area contributed by atoms with Crippen molar-refractivity contribution in [3.63, 3.8) is 0 Å². The molecular formula is C41H39ClO7. The monoisotopic (exact) mass is 678 g/mol. The Hall–Kier alpha value is -4.34. The molecular weight excluding hydrogens is 640 g/mol. The molecule has 0 amide bonds. The van der Waals surface area contributed by atoms with E-state index in [1.165, 1.54) is 0 Å². The Morgan fingerprint density at radius 1 is 0.592 bits per heavy atom. The van der Waals surface area contributed by atoms with Gasteiger partial charge in [-0.1, -0.05) is 139 Å². The molecule has 49 heavy (non-hydrogen) atoms. The Bertz CT molecular complexity index is 1740. The maximum Gasteiger partial charge on any atom is 0.337 e. The fourth-order valence-corrected chi connectivity index (χ4v) is 6.14. The number of carboxylic acids is 1. The van der Waals surface area contributed by atoms with Gasteiger partial charge in [-0.25, -0.2) is 4.79 Å². The maximum atomic E-state index is 12.2. The zero-order chi connectivity index (χ0) is 33.8. The molecule has 0 saturated carbocycles. The first-order chi connectivity index (χ1) is 24.0. The topological polar surface area (TPSA) is 83.5 Å². The van der Waals surface area contributed by atoms with E-state index in [-0.39, 0.29) is 23.8 Å². The van der Waals surface area contributed by atoms with Crippen molar-refractivity contribution in [1.29, 1.82) is 0 Å². The summed E-state index contributed by atoms with van der Waals surface area (Å²) in [6, 6.07) is 44.6. The fraction of sp³-hybridized carbons (Fsp3) is 0.244. The lowest BCUT2D eigenvalue weighted by Gasteiger charge is -2.46. The van der Waals surface area contributed by atoms with Crippen molar-refractivity contribution in [2.45, 2.75) is 56.9 Å². The second-order valence-corrected chi connectivity index (χ2v) is 12.3. The van der Waals surface area contributed by atoms with Gasteiger partial charge in [0.15, 0.2) is 0 Å². The van der Waals surface area contributed by atoms with Gasteiger partial charge in [-0.3, -0.25) is 0 Å². The van der Waals surface area contributed by atoms with E-state index in [2.05, 4.69) is 0 Å². The quantitative estimate of drug-likeness (QED) is 0.119. The van der Waals surface area contributed by atoms with E-state index in [4.69, 9.17) is 35.3 Å². The lowest BCUT2D eigenvalue weighted by Crippen LogP contribution is -2.58. The van der Waals surface area contributed by atoms with E-state index in [0.29, 0.717) is 25.4 Å². The van der Waals surface area contributed by atoms with E-state index in [0.717, 1.165) is 22.3 Å². The van der Waals surface area contributed by atoms with Crippen LogP contribution in [0, 0.1) is 0 Å². The molecule has 8 heteroatoms. The predicted molar refractivity (Wildman–Crippen MR) is 187 cm³/mol. The minimum atomic E-state index is -1.13. The standard InChI is InChI=1S/C41H39ClO7/c42-35-22-21-33(23-34(35)41(43)44)37-39(47-26-31-17-9-3-10-18-31)40(48-27-32-19-11-4-12-20-32)38(46-25-30-15-7-2-8-16-30)36(49-37)28-45-24-29-13-5-1-6-14-29/h1-23,36-40H,24-28H2,(H,43,44). The molecule has 5 aromatic carbocycles. The van der Waals surface area contributed by atoms with Gasteiger partial charge in [0.05, 0.1) is 43.6 Å². The highest BCUT2D eigenvalue weighted by Crippen LogP contribution is 2.39. The van der Waals surface area contributed by atoms with Gasteiger partial charge in [0, 0.05) is 0 Å². The highest BCUT2D eigenvalue weighted by molar-refractivity contribution is 6.33. The first-order valence-corrected chi connectivity index (χ1v) is 16.7. The summed E-state index contributed by atoms with van der Waals surface area (Å²) in [5.74, 6) is -1.13. The summed E-state index contributed by atoms with van der Waals surface area (Å²) < 4.78 is 33.4. The summed E-state index contributed by atoms with van der Waals surface area (Å²) in [6.45, 7) is 1.46. The molecule has 1 aliphatic heterocycles. The van der Waals surface area contributed by atoms with Crippen LogP contribution in [0.1, 0.15) is 44.3 Å². The number of carboxylic acid groups (broad SMARTS) is 1. The van der Waals surface area contributed by atoms with Crippen LogP contribution in [0.4, 0.5) is 0 Å². The number of benzene rings is 5. The van der Waals surface area contributed by atoms with Crippen molar-refractivity contribution in [3.05, 3.63) is 178 Å².